The Labute approximate surface area is 109 Å². The zero-order valence-electron chi connectivity index (χ0n) is 11.3. The van der Waals surface area contributed by atoms with Gasteiger partial charge in [0.1, 0.15) is 6.10 Å². The van der Waals surface area contributed by atoms with Crippen LogP contribution in [0.15, 0.2) is 24.3 Å². The number of nitrogens with two attached hydrogens (primary N) is 1. The maximum Gasteiger partial charge on any atom is 0.102 e. The molecule has 0 bridgehead atoms. The van der Waals surface area contributed by atoms with Crippen molar-refractivity contribution in [3.8, 4) is 0 Å². The molecule has 1 unspecified atom stereocenters. The van der Waals surface area contributed by atoms with Crippen molar-refractivity contribution in [1.29, 1.82) is 0 Å². The van der Waals surface area contributed by atoms with Gasteiger partial charge in [-0.3, -0.25) is 0 Å². The van der Waals surface area contributed by atoms with Crippen LogP contribution in [0, 0.1) is 0 Å². The highest BCUT2D eigenvalue weighted by atomic mass is 16.5. The molecule has 3 N–H and O–H groups in total. The molecule has 0 spiro atoms. The molecule has 1 rings (SSSR count). The van der Waals surface area contributed by atoms with Crippen molar-refractivity contribution >= 4 is 5.69 Å². The minimum Gasteiger partial charge on any atom is -0.399 e. The summed E-state index contributed by atoms with van der Waals surface area (Å²) in [7, 11) is 0. The Morgan fingerprint density at radius 2 is 1.78 bits per heavy atom. The van der Waals surface area contributed by atoms with E-state index in [0.29, 0.717) is 18.9 Å². The lowest BCUT2D eigenvalue weighted by atomic mass is 10.1. The van der Waals surface area contributed by atoms with Gasteiger partial charge in [0.25, 0.3) is 0 Å². The molecule has 0 aliphatic carbocycles. The number of hydrogen-bond acceptors (Lipinski definition) is 4. The highest BCUT2D eigenvalue weighted by molar-refractivity contribution is 5.39. The van der Waals surface area contributed by atoms with E-state index in [-0.39, 0.29) is 12.2 Å². The first-order valence-corrected chi connectivity index (χ1v) is 6.14. The molecule has 1 atom stereocenters. The molecule has 1 aromatic carbocycles. The summed E-state index contributed by atoms with van der Waals surface area (Å²) < 4.78 is 10.9. The molecular formula is C14H23NO3. The smallest absolute Gasteiger partial charge is 0.102 e. The first-order valence-electron chi connectivity index (χ1n) is 6.14. The monoisotopic (exact) mass is 253 g/mol. The Hall–Kier alpha value is -1.10. The lowest BCUT2D eigenvalue weighted by molar-refractivity contribution is -0.0477. The number of aliphatic hydroxyl groups excluding tert-OH is 1. The summed E-state index contributed by atoms with van der Waals surface area (Å²) in [4.78, 5) is 0. The van der Waals surface area contributed by atoms with Crippen LogP contribution in [0.2, 0.25) is 0 Å². The molecule has 0 aliphatic heterocycles. The highest BCUT2D eigenvalue weighted by Gasteiger charge is 2.10. The molecule has 4 nitrogen and oxygen atoms in total. The first kappa shape index (κ1) is 15.0. The van der Waals surface area contributed by atoms with E-state index < -0.39 is 6.10 Å². The number of anilines is 1. The van der Waals surface area contributed by atoms with E-state index in [1.807, 2.05) is 20.8 Å². The van der Waals surface area contributed by atoms with E-state index in [9.17, 15) is 5.11 Å². The molecule has 4 heteroatoms. The third-order valence-corrected chi connectivity index (χ3v) is 2.36. The van der Waals surface area contributed by atoms with Crippen LogP contribution < -0.4 is 5.73 Å². The topological polar surface area (TPSA) is 64.7 Å². The molecule has 1 aromatic rings. The van der Waals surface area contributed by atoms with Crippen molar-refractivity contribution in [3.05, 3.63) is 29.8 Å². The van der Waals surface area contributed by atoms with Crippen LogP contribution in [-0.4, -0.2) is 30.5 Å². The summed E-state index contributed by atoms with van der Waals surface area (Å²) >= 11 is 0. The van der Waals surface area contributed by atoms with Gasteiger partial charge in [0.05, 0.1) is 25.4 Å². The Balaban J connectivity index is 2.21. The average Bonchev–Trinajstić information content (AvgIpc) is 2.27. The number of rotatable bonds is 6. The summed E-state index contributed by atoms with van der Waals surface area (Å²) in [6, 6.07) is 7.13. The summed E-state index contributed by atoms with van der Waals surface area (Å²) in [5, 5.41) is 9.86. The van der Waals surface area contributed by atoms with Gasteiger partial charge < -0.3 is 20.3 Å². The quantitative estimate of drug-likeness (QED) is 0.602. The zero-order valence-corrected chi connectivity index (χ0v) is 11.3. The van der Waals surface area contributed by atoms with E-state index in [0.717, 1.165) is 5.56 Å². The number of nitrogen functional groups attached to an aromatic ring is 1. The molecule has 0 aromatic heterocycles. The van der Waals surface area contributed by atoms with Gasteiger partial charge in [-0.05, 0) is 38.5 Å². The van der Waals surface area contributed by atoms with Gasteiger partial charge in [-0.2, -0.15) is 0 Å². The molecule has 0 heterocycles. The number of benzene rings is 1. The Bertz CT molecular complexity index is 343. The van der Waals surface area contributed by atoms with E-state index in [2.05, 4.69) is 0 Å². The summed E-state index contributed by atoms with van der Waals surface area (Å²) in [5.41, 5.74) is 6.92. The predicted molar refractivity (Wildman–Crippen MR) is 72.3 cm³/mol. The summed E-state index contributed by atoms with van der Waals surface area (Å²) in [5.74, 6) is 0. The third kappa shape index (κ3) is 6.00. The number of aliphatic hydroxyl groups is 1. The molecule has 102 valence electrons. The van der Waals surface area contributed by atoms with Crippen LogP contribution in [0.4, 0.5) is 5.69 Å². The van der Waals surface area contributed by atoms with Crippen molar-refractivity contribution in [3.63, 3.8) is 0 Å². The van der Waals surface area contributed by atoms with Gasteiger partial charge in [-0.25, -0.2) is 0 Å². The van der Waals surface area contributed by atoms with Gasteiger partial charge in [-0.15, -0.1) is 0 Å². The molecule has 0 amide bonds. The standard InChI is InChI=1S/C14H23NO3/c1-14(2,3)18-9-8-17-10-13(16)11-4-6-12(15)7-5-11/h4-7,13,16H,8-10,15H2,1-3H3. The minimum absolute atomic E-state index is 0.154. The van der Waals surface area contributed by atoms with Crippen LogP contribution in [0.5, 0.6) is 0 Å². The van der Waals surface area contributed by atoms with Gasteiger partial charge in [-0.1, -0.05) is 12.1 Å². The molecule has 0 aliphatic rings. The molecule has 0 saturated heterocycles. The van der Waals surface area contributed by atoms with E-state index in [4.69, 9.17) is 15.2 Å². The Morgan fingerprint density at radius 3 is 2.33 bits per heavy atom. The largest absolute Gasteiger partial charge is 0.399 e. The van der Waals surface area contributed by atoms with Crippen molar-refractivity contribution in [2.45, 2.75) is 32.5 Å². The van der Waals surface area contributed by atoms with E-state index in [1.165, 1.54) is 0 Å². The number of ether oxygens (including phenoxy) is 2. The van der Waals surface area contributed by atoms with Gasteiger partial charge in [0.2, 0.25) is 0 Å². The molecule has 0 fully saturated rings. The van der Waals surface area contributed by atoms with Crippen LogP contribution in [0.25, 0.3) is 0 Å². The predicted octanol–water partition coefficient (Wildman–Crippen LogP) is 2.13. The van der Waals surface area contributed by atoms with E-state index in [1.54, 1.807) is 24.3 Å². The lowest BCUT2D eigenvalue weighted by Crippen LogP contribution is -2.22. The highest BCUT2D eigenvalue weighted by Crippen LogP contribution is 2.15. The average molecular weight is 253 g/mol. The van der Waals surface area contributed by atoms with Crippen LogP contribution in [0.3, 0.4) is 0 Å². The number of hydrogen-bond donors (Lipinski definition) is 2. The Kier molecular flexibility index (Phi) is 5.59. The lowest BCUT2D eigenvalue weighted by Gasteiger charge is -2.19. The zero-order chi connectivity index (χ0) is 13.6. The fraction of sp³-hybridized carbons (Fsp3) is 0.571. The fourth-order valence-electron chi connectivity index (χ4n) is 1.42. The minimum atomic E-state index is -0.625. The SMILES string of the molecule is CC(C)(C)OCCOCC(O)c1ccc(N)cc1. The van der Waals surface area contributed by atoms with Gasteiger partial charge in [0, 0.05) is 5.69 Å². The van der Waals surface area contributed by atoms with Crippen molar-refractivity contribution < 1.29 is 14.6 Å². The first-order chi connectivity index (χ1) is 8.38. The summed E-state index contributed by atoms with van der Waals surface area (Å²) in [6.45, 7) is 7.25. The van der Waals surface area contributed by atoms with Crippen molar-refractivity contribution in [1.82, 2.24) is 0 Å². The van der Waals surface area contributed by atoms with Gasteiger partial charge in [0.15, 0.2) is 0 Å². The van der Waals surface area contributed by atoms with Gasteiger partial charge >= 0.3 is 0 Å². The maximum absolute atomic E-state index is 9.86. The Morgan fingerprint density at radius 1 is 1.17 bits per heavy atom. The van der Waals surface area contributed by atoms with Crippen LogP contribution in [-0.2, 0) is 9.47 Å². The molecule has 0 radical (unpaired) electrons. The second kappa shape index (κ2) is 6.73. The molecular weight excluding hydrogens is 230 g/mol. The second-order valence-corrected chi connectivity index (χ2v) is 5.22. The van der Waals surface area contributed by atoms with Crippen LogP contribution in [0.1, 0.15) is 32.4 Å². The third-order valence-electron chi connectivity index (χ3n) is 2.36. The van der Waals surface area contributed by atoms with Crippen molar-refractivity contribution in [2.75, 3.05) is 25.6 Å². The molecule has 0 saturated carbocycles. The normalized spacial score (nSPS) is 13.6. The van der Waals surface area contributed by atoms with Crippen LogP contribution >= 0.6 is 0 Å². The van der Waals surface area contributed by atoms with Crippen molar-refractivity contribution in [2.24, 2.45) is 0 Å². The van der Waals surface area contributed by atoms with E-state index >= 15 is 0 Å². The second-order valence-electron chi connectivity index (χ2n) is 5.22. The molecule has 18 heavy (non-hydrogen) atoms. The fourth-order valence-corrected chi connectivity index (χ4v) is 1.42. The summed E-state index contributed by atoms with van der Waals surface area (Å²) in [6.07, 6.45) is -0.625. The maximum atomic E-state index is 9.86.